The monoisotopic (exact) mass is 262 g/mol. The lowest BCUT2D eigenvalue weighted by molar-refractivity contribution is 0.105. The van der Waals surface area contributed by atoms with Crippen LogP contribution in [0.5, 0.6) is 0 Å². The van der Waals surface area contributed by atoms with Crippen LogP contribution in [0, 0.1) is 0 Å². The van der Waals surface area contributed by atoms with Crippen LogP contribution in [0.25, 0.3) is 0 Å². The van der Waals surface area contributed by atoms with Crippen molar-refractivity contribution in [1.29, 1.82) is 0 Å². The van der Waals surface area contributed by atoms with Gasteiger partial charge in [-0.1, -0.05) is 0 Å². The van der Waals surface area contributed by atoms with Crippen LogP contribution in [0.15, 0.2) is 10.7 Å². The summed E-state index contributed by atoms with van der Waals surface area (Å²) in [6.07, 6.45) is -0.834. The van der Waals surface area contributed by atoms with Gasteiger partial charge in [-0.3, -0.25) is 0 Å². The van der Waals surface area contributed by atoms with Gasteiger partial charge in [0.1, 0.15) is 10.4 Å². The van der Waals surface area contributed by atoms with Gasteiger partial charge < -0.3 is 21.3 Å². The van der Waals surface area contributed by atoms with E-state index in [2.05, 4.69) is 31.2 Å². The zero-order valence-electron chi connectivity index (χ0n) is 7.31. The van der Waals surface area contributed by atoms with Gasteiger partial charge in [0, 0.05) is 12.6 Å². The largest absolute Gasteiger partial charge is 0.394 e. The van der Waals surface area contributed by atoms with Crippen molar-refractivity contribution in [2.24, 2.45) is 0 Å². The summed E-state index contributed by atoms with van der Waals surface area (Å²) in [5.41, 5.74) is 5.47. The maximum Gasteiger partial charge on any atom is 0.225 e. The summed E-state index contributed by atoms with van der Waals surface area (Å²) >= 11 is 3.15. The Labute approximate surface area is 89.3 Å². The molecular weight excluding hydrogens is 252 g/mol. The Morgan fingerprint density at radius 1 is 1.57 bits per heavy atom. The first-order valence-electron chi connectivity index (χ1n) is 3.94. The molecule has 0 aliphatic heterocycles. The zero-order valence-corrected chi connectivity index (χ0v) is 8.90. The molecule has 0 bridgehead atoms. The molecule has 0 radical (unpaired) electrons. The molecule has 0 saturated carbocycles. The van der Waals surface area contributed by atoms with Crippen LogP contribution in [0.4, 0.5) is 11.8 Å². The average molecular weight is 263 g/mol. The van der Waals surface area contributed by atoms with Gasteiger partial charge in [0.25, 0.3) is 0 Å². The van der Waals surface area contributed by atoms with Gasteiger partial charge in [0.15, 0.2) is 0 Å². The number of nitrogens with zero attached hydrogens (tertiary/aromatic N) is 2. The lowest BCUT2D eigenvalue weighted by Gasteiger charge is -2.08. The molecule has 6 nitrogen and oxygen atoms in total. The second-order valence-electron chi connectivity index (χ2n) is 2.66. The molecule has 0 amide bonds. The van der Waals surface area contributed by atoms with Crippen LogP contribution in [0.3, 0.4) is 0 Å². The zero-order chi connectivity index (χ0) is 10.6. The smallest absolute Gasteiger partial charge is 0.225 e. The van der Waals surface area contributed by atoms with E-state index in [9.17, 15) is 0 Å². The molecule has 7 heteroatoms. The van der Waals surface area contributed by atoms with Crippen LogP contribution in [-0.2, 0) is 0 Å². The number of aliphatic hydroxyl groups excluding tert-OH is 2. The predicted octanol–water partition coefficient (Wildman–Crippen LogP) is -0.414. The summed E-state index contributed by atoms with van der Waals surface area (Å²) in [7, 11) is 0. The van der Waals surface area contributed by atoms with E-state index >= 15 is 0 Å². The summed E-state index contributed by atoms with van der Waals surface area (Å²) in [4.78, 5) is 7.84. The third-order valence-corrected chi connectivity index (χ3v) is 1.83. The highest BCUT2D eigenvalue weighted by atomic mass is 79.9. The molecule has 1 aromatic heterocycles. The minimum absolute atomic E-state index is 0.173. The third-order valence-electron chi connectivity index (χ3n) is 1.42. The van der Waals surface area contributed by atoms with Gasteiger partial charge in [-0.2, -0.15) is 4.98 Å². The van der Waals surface area contributed by atoms with Crippen LogP contribution in [0.2, 0.25) is 0 Å². The first-order chi connectivity index (χ1) is 6.61. The molecule has 1 atom stereocenters. The highest BCUT2D eigenvalue weighted by Crippen LogP contribution is 2.11. The summed E-state index contributed by atoms with van der Waals surface area (Å²) in [6.45, 7) is -0.136. The maximum atomic E-state index is 9.05. The minimum Gasteiger partial charge on any atom is -0.394 e. The highest BCUT2D eigenvalue weighted by Gasteiger charge is 2.04. The number of aromatic nitrogens is 2. The summed E-state index contributed by atoms with van der Waals surface area (Å²) in [5, 5.41) is 20.3. The molecule has 1 aromatic rings. The lowest BCUT2D eigenvalue weighted by atomic mass is 10.4. The Bertz CT molecular complexity index is 289. The van der Waals surface area contributed by atoms with Crippen LogP contribution < -0.4 is 11.1 Å². The van der Waals surface area contributed by atoms with Gasteiger partial charge in [0.05, 0.1) is 12.7 Å². The van der Waals surface area contributed by atoms with E-state index in [0.29, 0.717) is 16.4 Å². The van der Waals surface area contributed by atoms with Gasteiger partial charge in [0.2, 0.25) is 5.95 Å². The first-order valence-corrected chi connectivity index (χ1v) is 4.74. The van der Waals surface area contributed by atoms with Crippen molar-refractivity contribution >= 4 is 27.7 Å². The summed E-state index contributed by atoms with van der Waals surface area (Å²) < 4.78 is 0.561. The average Bonchev–Trinajstić information content (AvgIpc) is 2.12. The number of nitrogens with two attached hydrogens (primary N) is 1. The van der Waals surface area contributed by atoms with Gasteiger partial charge in [-0.15, -0.1) is 0 Å². The van der Waals surface area contributed by atoms with Crippen molar-refractivity contribution in [3.05, 3.63) is 10.7 Å². The Morgan fingerprint density at radius 2 is 2.29 bits per heavy atom. The van der Waals surface area contributed by atoms with Crippen LogP contribution in [-0.4, -0.2) is 39.4 Å². The summed E-state index contributed by atoms with van der Waals surface area (Å²) in [6, 6.07) is 1.56. The summed E-state index contributed by atoms with van der Waals surface area (Å²) in [5.74, 6) is 0.636. The van der Waals surface area contributed by atoms with Crippen molar-refractivity contribution in [1.82, 2.24) is 9.97 Å². The minimum atomic E-state index is -0.834. The SMILES string of the molecule is Nc1cc(Br)nc(NCC(O)CO)n1. The third kappa shape index (κ3) is 3.44. The number of nitrogen functional groups attached to an aromatic ring is 1. The lowest BCUT2D eigenvalue weighted by Crippen LogP contribution is -2.23. The standard InChI is InChI=1S/C7H11BrN4O2/c8-5-1-6(9)12-7(11-5)10-2-4(14)3-13/h1,4,13-14H,2-3H2,(H3,9,10,11,12). The molecule has 0 saturated heterocycles. The highest BCUT2D eigenvalue weighted by molar-refractivity contribution is 9.10. The van der Waals surface area contributed by atoms with E-state index in [-0.39, 0.29) is 13.2 Å². The van der Waals surface area contributed by atoms with E-state index in [0.717, 1.165) is 0 Å². The van der Waals surface area contributed by atoms with Gasteiger partial charge in [-0.05, 0) is 15.9 Å². The Balaban J connectivity index is 2.58. The number of hydrogen-bond donors (Lipinski definition) is 4. The predicted molar refractivity (Wildman–Crippen MR) is 55.7 cm³/mol. The van der Waals surface area contributed by atoms with Crippen LogP contribution >= 0.6 is 15.9 Å². The van der Waals surface area contributed by atoms with E-state index in [1.54, 1.807) is 6.07 Å². The van der Waals surface area contributed by atoms with E-state index in [4.69, 9.17) is 15.9 Å². The van der Waals surface area contributed by atoms with Crippen molar-refractivity contribution in [2.75, 3.05) is 24.2 Å². The van der Waals surface area contributed by atoms with E-state index in [1.165, 1.54) is 0 Å². The quantitative estimate of drug-likeness (QED) is 0.550. The number of anilines is 2. The fourth-order valence-electron chi connectivity index (χ4n) is 0.788. The molecule has 1 rings (SSSR count). The Morgan fingerprint density at radius 3 is 2.86 bits per heavy atom. The van der Waals surface area contributed by atoms with E-state index < -0.39 is 6.10 Å². The number of halogens is 1. The molecule has 1 heterocycles. The number of aliphatic hydroxyl groups is 2. The second kappa shape index (κ2) is 5.08. The van der Waals surface area contributed by atoms with Gasteiger partial charge in [-0.25, -0.2) is 4.98 Å². The van der Waals surface area contributed by atoms with Crippen molar-refractivity contribution in [3.8, 4) is 0 Å². The first kappa shape index (κ1) is 11.2. The van der Waals surface area contributed by atoms with Crippen molar-refractivity contribution in [2.45, 2.75) is 6.10 Å². The molecule has 0 aromatic carbocycles. The molecule has 5 N–H and O–H groups in total. The fraction of sp³-hybridized carbons (Fsp3) is 0.429. The second-order valence-corrected chi connectivity index (χ2v) is 3.47. The molecule has 0 fully saturated rings. The van der Waals surface area contributed by atoms with E-state index in [1.807, 2.05) is 0 Å². The number of rotatable bonds is 4. The Hall–Kier alpha value is -0.920. The molecule has 0 spiro atoms. The maximum absolute atomic E-state index is 9.05. The molecular formula is C7H11BrN4O2. The van der Waals surface area contributed by atoms with Gasteiger partial charge >= 0.3 is 0 Å². The number of hydrogen-bond acceptors (Lipinski definition) is 6. The number of nitrogens with one attached hydrogen (secondary N) is 1. The topological polar surface area (TPSA) is 104 Å². The normalized spacial score (nSPS) is 12.5. The molecule has 78 valence electrons. The fourth-order valence-corrected chi connectivity index (χ4v) is 1.19. The molecule has 0 aliphatic carbocycles. The molecule has 1 unspecified atom stereocenters. The van der Waals surface area contributed by atoms with Crippen LogP contribution in [0.1, 0.15) is 0 Å². The Kier molecular flexibility index (Phi) is 4.05. The molecule has 0 aliphatic rings. The molecule has 14 heavy (non-hydrogen) atoms. The van der Waals surface area contributed by atoms with Crippen molar-refractivity contribution in [3.63, 3.8) is 0 Å². The van der Waals surface area contributed by atoms with Crippen molar-refractivity contribution < 1.29 is 10.2 Å².